The molecule has 1 rings (SSSR count). The van der Waals surface area contributed by atoms with Crippen molar-refractivity contribution >= 4 is 17.4 Å². The van der Waals surface area contributed by atoms with Crippen molar-refractivity contribution in [3.63, 3.8) is 0 Å². The van der Waals surface area contributed by atoms with E-state index in [-0.39, 0.29) is 0 Å². The highest BCUT2D eigenvalue weighted by Crippen LogP contribution is 2.09. The lowest BCUT2D eigenvalue weighted by Gasteiger charge is -1.97. The smallest absolute Gasteiger partial charge is 0.182 e. The van der Waals surface area contributed by atoms with E-state index in [4.69, 9.17) is 0 Å². The minimum Gasteiger partial charge on any atom is -0.356 e. The van der Waals surface area contributed by atoms with Crippen molar-refractivity contribution in [1.82, 2.24) is 5.32 Å². The van der Waals surface area contributed by atoms with E-state index in [1.165, 1.54) is 0 Å². The molecule has 0 fully saturated rings. The maximum Gasteiger partial charge on any atom is 0.182 e. The second-order valence-electron chi connectivity index (χ2n) is 1.63. The van der Waals surface area contributed by atoms with E-state index in [1.54, 1.807) is 6.20 Å². The van der Waals surface area contributed by atoms with Crippen LogP contribution in [-0.4, -0.2) is 5.62 Å². The van der Waals surface area contributed by atoms with Gasteiger partial charge >= 0.3 is 0 Å². The lowest BCUT2D eigenvalue weighted by Crippen LogP contribution is -1.99. The molecule has 0 atom stereocenters. The van der Waals surface area contributed by atoms with Crippen molar-refractivity contribution in [3.05, 3.63) is 35.5 Å². The summed E-state index contributed by atoms with van der Waals surface area (Å²) in [7, 11) is 0. The Kier molecular flexibility index (Phi) is 2.83. The van der Waals surface area contributed by atoms with Crippen LogP contribution in [0.3, 0.4) is 0 Å². The lowest BCUT2D eigenvalue weighted by atomic mass is 10.5. The first-order chi connectivity index (χ1) is 4.93. The van der Waals surface area contributed by atoms with Crippen LogP contribution < -0.4 is 5.32 Å². The van der Waals surface area contributed by atoms with Crippen molar-refractivity contribution in [1.29, 1.82) is 0 Å². The van der Waals surface area contributed by atoms with Crippen LogP contribution in [-0.2, 0) is 4.79 Å². The summed E-state index contributed by atoms with van der Waals surface area (Å²) in [5.41, 5.74) is 0.797. The van der Waals surface area contributed by atoms with Crippen LogP contribution in [0.4, 0.5) is 0 Å². The van der Waals surface area contributed by atoms with E-state index < -0.39 is 0 Å². The fourth-order valence-electron chi connectivity index (χ4n) is 0.566. The topological polar surface area (TPSA) is 29.1 Å². The molecule has 0 saturated heterocycles. The number of thioether (sulfide) groups is 1. The Bertz CT molecular complexity index is 206. The second kappa shape index (κ2) is 3.95. The quantitative estimate of drug-likeness (QED) is 0.608. The van der Waals surface area contributed by atoms with Gasteiger partial charge in [-0.25, -0.2) is 0 Å². The Morgan fingerprint density at radius 2 is 2.30 bits per heavy atom. The molecular formula is C7H7NOS. The third kappa shape index (κ3) is 2.11. The van der Waals surface area contributed by atoms with Crippen molar-refractivity contribution in [2.75, 3.05) is 0 Å². The van der Waals surface area contributed by atoms with Gasteiger partial charge in [0.2, 0.25) is 0 Å². The molecule has 0 saturated carbocycles. The van der Waals surface area contributed by atoms with Gasteiger partial charge in [0.25, 0.3) is 0 Å². The average molecular weight is 153 g/mol. The standard InChI is InChI=1S/C7H7NOS/c9-6-10-7-4-2-1-3-5-8-7/h1-6,8H. The largest absolute Gasteiger partial charge is 0.356 e. The van der Waals surface area contributed by atoms with Crippen molar-refractivity contribution in [2.24, 2.45) is 0 Å². The first kappa shape index (κ1) is 7.15. The van der Waals surface area contributed by atoms with E-state index in [9.17, 15) is 4.79 Å². The molecule has 0 aromatic carbocycles. The van der Waals surface area contributed by atoms with Gasteiger partial charge in [-0.05, 0) is 23.9 Å². The minimum absolute atomic E-state index is 0.797. The van der Waals surface area contributed by atoms with Crippen LogP contribution in [0.25, 0.3) is 0 Å². The number of allylic oxidation sites excluding steroid dienone is 4. The Balaban J connectivity index is 2.58. The first-order valence-corrected chi connectivity index (χ1v) is 3.72. The van der Waals surface area contributed by atoms with E-state index >= 15 is 0 Å². The number of hydrogen-bond donors (Lipinski definition) is 1. The molecule has 1 aliphatic heterocycles. The molecule has 0 aliphatic carbocycles. The zero-order valence-electron chi connectivity index (χ0n) is 5.28. The van der Waals surface area contributed by atoms with Gasteiger partial charge in [0, 0.05) is 6.20 Å². The van der Waals surface area contributed by atoms with Gasteiger partial charge in [-0.15, -0.1) is 0 Å². The molecule has 1 aliphatic rings. The third-order valence-corrected chi connectivity index (χ3v) is 1.57. The van der Waals surface area contributed by atoms with Gasteiger partial charge in [-0.3, -0.25) is 4.79 Å². The highest BCUT2D eigenvalue weighted by Gasteiger charge is 1.91. The summed E-state index contributed by atoms with van der Waals surface area (Å²) in [6.07, 6.45) is 9.27. The zero-order valence-corrected chi connectivity index (χ0v) is 6.10. The SMILES string of the molecule is O=CSC1=CC=CC=CN1. The van der Waals surface area contributed by atoms with Crippen molar-refractivity contribution < 1.29 is 4.79 Å². The van der Waals surface area contributed by atoms with Gasteiger partial charge in [-0.2, -0.15) is 0 Å². The highest BCUT2D eigenvalue weighted by molar-refractivity contribution is 8.15. The molecule has 1 N–H and O–H groups in total. The van der Waals surface area contributed by atoms with Crippen LogP contribution in [0.2, 0.25) is 0 Å². The molecule has 0 aromatic heterocycles. The molecular weight excluding hydrogens is 146 g/mol. The van der Waals surface area contributed by atoms with Gasteiger partial charge in [0.1, 0.15) is 0 Å². The molecule has 0 bridgehead atoms. The van der Waals surface area contributed by atoms with Gasteiger partial charge in [-0.1, -0.05) is 12.2 Å². The number of hydrogen-bond acceptors (Lipinski definition) is 3. The summed E-state index contributed by atoms with van der Waals surface area (Å²) in [6.45, 7) is 0. The molecule has 0 spiro atoms. The highest BCUT2D eigenvalue weighted by atomic mass is 32.2. The fraction of sp³-hybridized carbons (Fsp3) is 0. The molecule has 0 unspecified atom stereocenters. The molecule has 0 aromatic rings. The fourth-order valence-corrected chi connectivity index (χ4v) is 0.963. The van der Waals surface area contributed by atoms with E-state index in [0.29, 0.717) is 0 Å². The monoisotopic (exact) mass is 153 g/mol. The summed E-state index contributed by atoms with van der Waals surface area (Å²) in [6, 6.07) is 0. The Morgan fingerprint density at radius 1 is 1.40 bits per heavy atom. The molecule has 52 valence electrons. The summed E-state index contributed by atoms with van der Waals surface area (Å²) in [4.78, 5) is 10.0. The van der Waals surface area contributed by atoms with E-state index in [0.717, 1.165) is 22.4 Å². The van der Waals surface area contributed by atoms with Crippen molar-refractivity contribution in [2.45, 2.75) is 0 Å². The van der Waals surface area contributed by atoms with E-state index in [1.807, 2.05) is 24.3 Å². The van der Waals surface area contributed by atoms with Crippen molar-refractivity contribution in [3.8, 4) is 0 Å². The van der Waals surface area contributed by atoms with Gasteiger partial charge in [0.15, 0.2) is 5.62 Å². The predicted octanol–water partition coefficient (Wildman–Crippen LogP) is 1.42. The molecule has 2 nitrogen and oxygen atoms in total. The van der Waals surface area contributed by atoms with Gasteiger partial charge < -0.3 is 5.32 Å². The minimum atomic E-state index is 0.797. The summed E-state index contributed by atoms with van der Waals surface area (Å²) < 4.78 is 0. The van der Waals surface area contributed by atoms with Crippen LogP contribution >= 0.6 is 11.8 Å². The maximum absolute atomic E-state index is 10.0. The predicted molar refractivity (Wildman–Crippen MR) is 43.8 cm³/mol. The van der Waals surface area contributed by atoms with Crippen LogP contribution in [0.5, 0.6) is 0 Å². The average Bonchev–Trinajstić information content (AvgIpc) is 2.17. The number of carbonyl (C=O) groups excluding carboxylic acids is 1. The van der Waals surface area contributed by atoms with E-state index in [2.05, 4.69) is 5.32 Å². The molecule has 3 heteroatoms. The number of rotatable bonds is 2. The lowest BCUT2D eigenvalue weighted by molar-refractivity contribution is 0.570. The van der Waals surface area contributed by atoms with Crippen LogP contribution in [0.15, 0.2) is 35.5 Å². The molecule has 0 amide bonds. The van der Waals surface area contributed by atoms with Crippen LogP contribution in [0.1, 0.15) is 0 Å². The second-order valence-corrected chi connectivity index (χ2v) is 2.50. The Morgan fingerprint density at radius 3 is 3.10 bits per heavy atom. The zero-order chi connectivity index (χ0) is 7.23. The summed E-state index contributed by atoms with van der Waals surface area (Å²) in [5.74, 6) is 0. The molecule has 0 radical (unpaired) electrons. The van der Waals surface area contributed by atoms with Crippen LogP contribution in [0, 0.1) is 0 Å². The number of nitrogens with one attached hydrogen (secondary N) is 1. The summed E-state index contributed by atoms with van der Waals surface area (Å²) in [5, 5.41) is 3.78. The third-order valence-electron chi connectivity index (χ3n) is 0.967. The summed E-state index contributed by atoms with van der Waals surface area (Å²) >= 11 is 1.13. The Hall–Kier alpha value is -0.960. The van der Waals surface area contributed by atoms with Gasteiger partial charge in [0.05, 0.1) is 5.03 Å². The molecule has 10 heavy (non-hydrogen) atoms. The maximum atomic E-state index is 10.0. The number of carbonyl (C=O) groups is 1. The normalized spacial score (nSPS) is 15.4. The first-order valence-electron chi connectivity index (χ1n) is 2.84. The molecule has 1 heterocycles. The Labute approximate surface area is 63.7 Å².